The van der Waals surface area contributed by atoms with Crippen LogP contribution in [0.3, 0.4) is 0 Å². The molecule has 0 bridgehead atoms. The standard InChI is InChI=1S/C16H23NO/c1-4-5-6-7-9-17-10-8-13-14(17)11-16(2,3)12-15(13)18/h1,8,10,15,18H,5-7,9,11-12H2,2-3H3. The second kappa shape index (κ2) is 5.20. The van der Waals surface area contributed by atoms with E-state index < -0.39 is 0 Å². The average molecular weight is 245 g/mol. The number of fused-ring (bicyclic) bond motifs is 1. The number of nitrogens with zero attached hydrogens (tertiary/aromatic N) is 1. The maximum Gasteiger partial charge on any atom is 0.0812 e. The molecule has 2 heteroatoms. The topological polar surface area (TPSA) is 25.2 Å². The molecule has 1 atom stereocenters. The van der Waals surface area contributed by atoms with Crippen molar-refractivity contribution in [2.24, 2.45) is 5.41 Å². The molecule has 1 N–H and O–H groups in total. The first-order valence-electron chi connectivity index (χ1n) is 6.83. The van der Waals surface area contributed by atoms with E-state index in [2.05, 4.69) is 36.6 Å². The molecule has 18 heavy (non-hydrogen) atoms. The molecule has 0 radical (unpaired) electrons. The van der Waals surface area contributed by atoms with Crippen molar-refractivity contribution in [1.29, 1.82) is 0 Å². The monoisotopic (exact) mass is 245 g/mol. The third-order valence-electron chi connectivity index (χ3n) is 3.84. The Kier molecular flexibility index (Phi) is 3.82. The maximum atomic E-state index is 10.2. The van der Waals surface area contributed by atoms with E-state index in [0.29, 0.717) is 0 Å². The molecule has 1 aliphatic carbocycles. The lowest BCUT2D eigenvalue weighted by atomic mass is 9.75. The number of terminal acetylenes is 1. The van der Waals surface area contributed by atoms with Gasteiger partial charge < -0.3 is 9.67 Å². The molecule has 1 aromatic heterocycles. The third-order valence-corrected chi connectivity index (χ3v) is 3.84. The van der Waals surface area contributed by atoms with Gasteiger partial charge in [0.25, 0.3) is 0 Å². The number of aryl methyl sites for hydroxylation is 1. The Hall–Kier alpha value is -1.20. The fourth-order valence-electron chi connectivity index (χ4n) is 2.91. The summed E-state index contributed by atoms with van der Waals surface area (Å²) in [5, 5.41) is 10.2. The number of unbranched alkanes of at least 4 members (excludes halogenated alkanes) is 2. The number of hydrogen-bond donors (Lipinski definition) is 1. The van der Waals surface area contributed by atoms with Crippen molar-refractivity contribution in [3.63, 3.8) is 0 Å². The lowest BCUT2D eigenvalue weighted by molar-refractivity contribution is 0.0979. The largest absolute Gasteiger partial charge is 0.388 e. The second-order valence-corrected chi connectivity index (χ2v) is 6.13. The van der Waals surface area contributed by atoms with Crippen LogP contribution in [0.15, 0.2) is 12.3 Å². The van der Waals surface area contributed by atoms with Gasteiger partial charge in [0.1, 0.15) is 0 Å². The summed E-state index contributed by atoms with van der Waals surface area (Å²) in [7, 11) is 0. The predicted octanol–water partition coefficient (Wildman–Crippen LogP) is 3.30. The van der Waals surface area contributed by atoms with Crippen molar-refractivity contribution in [3.05, 3.63) is 23.5 Å². The molecule has 1 aliphatic rings. The van der Waals surface area contributed by atoms with E-state index in [1.165, 1.54) is 5.69 Å². The molecule has 2 rings (SSSR count). The summed E-state index contributed by atoms with van der Waals surface area (Å²) in [4.78, 5) is 0. The number of aromatic nitrogens is 1. The zero-order chi connectivity index (χ0) is 13.2. The normalized spacial score (nSPS) is 21.3. The lowest BCUT2D eigenvalue weighted by Gasteiger charge is -2.34. The van der Waals surface area contributed by atoms with Crippen LogP contribution in [0.5, 0.6) is 0 Å². The van der Waals surface area contributed by atoms with Gasteiger partial charge in [0.15, 0.2) is 0 Å². The van der Waals surface area contributed by atoms with E-state index in [-0.39, 0.29) is 11.5 Å². The van der Waals surface area contributed by atoms with Crippen LogP contribution in [0.25, 0.3) is 0 Å². The summed E-state index contributed by atoms with van der Waals surface area (Å²) in [6, 6.07) is 2.08. The van der Waals surface area contributed by atoms with Gasteiger partial charge in [0.2, 0.25) is 0 Å². The smallest absolute Gasteiger partial charge is 0.0812 e. The van der Waals surface area contributed by atoms with Gasteiger partial charge in [0, 0.05) is 30.4 Å². The molecule has 98 valence electrons. The second-order valence-electron chi connectivity index (χ2n) is 6.13. The molecule has 2 nitrogen and oxygen atoms in total. The van der Waals surface area contributed by atoms with Gasteiger partial charge in [-0.15, -0.1) is 12.3 Å². The van der Waals surface area contributed by atoms with Gasteiger partial charge in [0.05, 0.1) is 6.10 Å². The van der Waals surface area contributed by atoms with Crippen LogP contribution in [-0.4, -0.2) is 9.67 Å². The number of hydrogen-bond acceptors (Lipinski definition) is 1. The van der Waals surface area contributed by atoms with Crippen LogP contribution in [0.2, 0.25) is 0 Å². The van der Waals surface area contributed by atoms with Crippen molar-refractivity contribution >= 4 is 0 Å². The van der Waals surface area contributed by atoms with E-state index in [9.17, 15) is 5.11 Å². The van der Waals surface area contributed by atoms with Crippen LogP contribution < -0.4 is 0 Å². The van der Waals surface area contributed by atoms with Crippen molar-refractivity contribution in [3.8, 4) is 12.3 Å². The van der Waals surface area contributed by atoms with Crippen molar-refractivity contribution in [2.75, 3.05) is 0 Å². The quantitative estimate of drug-likeness (QED) is 0.639. The lowest BCUT2D eigenvalue weighted by Crippen LogP contribution is -2.26. The molecule has 0 aliphatic heterocycles. The fraction of sp³-hybridized carbons (Fsp3) is 0.625. The van der Waals surface area contributed by atoms with Gasteiger partial charge in [-0.1, -0.05) is 13.8 Å². The minimum atomic E-state index is -0.296. The average Bonchev–Trinajstić information content (AvgIpc) is 2.66. The number of rotatable bonds is 4. The first kappa shape index (κ1) is 13.2. The molecule has 1 heterocycles. The van der Waals surface area contributed by atoms with Gasteiger partial charge >= 0.3 is 0 Å². The summed E-state index contributed by atoms with van der Waals surface area (Å²) in [6.45, 7) is 5.48. The van der Waals surface area contributed by atoms with E-state index in [1.807, 2.05) is 0 Å². The Morgan fingerprint density at radius 1 is 1.50 bits per heavy atom. The number of aliphatic hydroxyl groups excluding tert-OH is 1. The molecule has 0 aromatic carbocycles. The summed E-state index contributed by atoms with van der Waals surface area (Å²) < 4.78 is 2.30. The Morgan fingerprint density at radius 2 is 2.28 bits per heavy atom. The summed E-state index contributed by atoms with van der Waals surface area (Å²) in [5.74, 6) is 2.68. The van der Waals surface area contributed by atoms with Crippen LogP contribution in [0, 0.1) is 17.8 Å². The summed E-state index contributed by atoms with van der Waals surface area (Å²) in [5.41, 5.74) is 2.65. The fourth-order valence-corrected chi connectivity index (χ4v) is 2.91. The molecule has 0 saturated heterocycles. The first-order valence-corrected chi connectivity index (χ1v) is 6.83. The summed E-state index contributed by atoms with van der Waals surface area (Å²) in [6.07, 6.45) is 12.1. The SMILES string of the molecule is C#CCCCCn1ccc2c1CC(C)(C)CC2O. The first-order chi connectivity index (χ1) is 8.53. The third kappa shape index (κ3) is 2.79. The van der Waals surface area contributed by atoms with Crippen molar-refractivity contribution in [2.45, 2.75) is 58.6 Å². The highest BCUT2D eigenvalue weighted by Crippen LogP contribution is 2.41. The van der Waals surface area contributed by atoms with E-state index in [1.54, 1.807) is 0 Å². The Bertz CT molecular complexity index is 450. The van der Waals surface area contributed by atoms with Gasteiger partial charge in [-0.05, 0) is 37.2 Å². The highest BCUT2D eigenvalue weighted by atomic mass is 16.3. The maximum absolute atomic E-state index is 10.2. The minimum absolute atomic E-state index is 0.196. The minimum Gasteiger partial charge on any atom is -0.388 e. The van der Waals surface area contributed by atoms with Crippen LogP contribution in [0.4, 0.5) is 0 Å². The highest BCUT2D eigenvalue weighted by molar-refractivity contribution is 5.29. The van der Waals surface area contributed by atoms with Crippen LogP contribution in [0.1, 0.15) is 56.9 Å². The molecule has 0 fully saturated rings. The Morgan fingerprint density at radius 3 is 3.00 bits per heavy atom. The predicted molar refractivity (Wildman–Crippen MR) is 74.2 cm³/mol. The van der Waals surface area contributed by atoms with Gasteiger partial charge in [-0.2, -0.15) is 0 Å². The van der Waals surface area contributed by atoms with Crippen LogP contribution in [-0.2, 0) is 13.0 Å². The van der Waals surface area contributed by atoms with E-state index in [0.717, 1.165) is 44.2 Å². The van der Waals surface area contributed by atoms with Crippen molar-refractivity contribution in [1.82, 2.24) is 4.57 Å². The zero-order valence-electron chi connectivity index (χ0n) is 11.4. The molecule has 0 amide bonds. The Balaban J connectivity index is 2.08. The van der Waals surface area contributed by atoms with Crippen molar-refractivity contribution < 1.29 is 5.11 Å². The number of aliphatic hydroxyl groups is 1. The molecular weight excluding hydrogens is 222 g/mol. The zero-order valence-corrected chi connectivity index (χ0v) is 11.4. The summed E-state index contributed by atoms with van der Waals surface area (Å²) >= 11 is 0. The van der Waals surface area contributed by atoms with E-state index >= 15 is 0 Å². The van der Waals surface area contributed by atoms with Gasteiger partial charge in [-0.25, -0.2) is 0 Å². The Labute approximate surface area is 110 Å². The molecular formula is C16H23NO. The van der Waals surface area contributed by atoms with E-state index in [4.69, 9.17) is 6.42 Å². The molecule has 1 unspecified atom stereocenters. The highest BCUT2D eigenvalue weighted by Gasteiger charge is 2.32. The molecule has 0 saturated carbocycles. The molecule has 0 spiro atoms. The van der Waals surface area contributed by atoms with Crippen LogP contribution >= 0.6 is 0 Å². The van der Waals surface area contributed by atoms with Gasteiger partial charge in [-0.3, -0.25) is 0 Å². The molecule has 1 aromatic rings.